The van der Waals surface area contributed by atoms with Gasteiger partial charge >= 0.3 is 12.1 Å². The van der Waals surface area contributed by atoms with Crippen molar-refractivity contribution in [3.63, 3.8) is 0 Å². The maximum absolute atomic E-state index is 12.6. The van der Waals surface area contributed by atoms with Crippen LogP contribution in [-0.2, 0) is 0 Å². The van der Waals surface area contributed by atoms with E-state index in [1.807, 2.05) is 49.4 Å². The molecule has 0 aliphatic carbocycles. The van der Waals surface area contributed by atoms with Crippen LogP contribution in [-0.4, -0.2) is 42.1 Å². The van der Waals surface area contributed by atoms with Gasteiger partial charge in [0.2, 0.25) is 0 Å². The number of rotatable bonds is 5. The summed E-state index contributed by atoms with van der Waals surface area (Å²) in [5.74, 6) is 1.32. The molecule has 4 amide bonds. The Labute approximate surface area is 209 Å². The fraction of sp³-hybridized carbons (Fsp3) is 0.269. The van der Waals surface area contributed by atoms with Gasteiger partial charge in [-0.3, -0.25) is 5.32 Å². The number of carbonyl (C=O) groups excluding carboxylic acids is 2. The molecule has 0 saturated carbocycles. The van der Waals surface area contributed by atoms with Crippen molar-refractivity contribution < 1.29 is 14.3 Å². The molecule has 4 rings (SSSR count). The van der Waals surface area contributed by atoms with Crippen LogP contribution in [0.4, 0.5) is 26.8 Å². The van der Waals surface area contributed by atoms with Crippen LogP contribution in [0.3, 0.4) is 0 Å². The van der Waals surface area contributed by atoms with Crippen molar-refractivity contribution in [3.05, 3.63) is 76.9 Å². The number of hydrogen-bond donors (Lipinski definition) is 3. The Morgan fingerprint density at radius 2 is 1.77 bits per heavy atom. The number of urea groups is 2. The minimum absolute atomic E-state index is 0.195. The molecule has 1 aromatic heterocycles. The topological polar surface area (TPSA) is 95.6 Å². The number of anilines is 3. The van der Waals surface area contributed by atoms with Crippen molar-refractivity contribution in [2.45, 2.75) is 25.7 Å². The molecular formula is C26H28ClN5O3. The second-order valence-corrected chi connectivity index (χ2v) is 8.84. The van der Waals surface area contributed by atoms with Crippen molar-refractivity contribution in [2.24, 2.45) is 0 Å². The molecule has 0 spiro atoms. The zero-order valence-corrected chi connectivity index (χ0v) is 20.4. The SMILES string of the molecule is COc1ccc(C)cc1NC(=O)Nc1ccc(C2CCN(C(=O)Nc3ncccc3Cl)CC2)cc1. The molecule has 2 aromatic carbocycles. The third kappa shape index (κ3) is 6.22. The molecule has 35 heavy (non-hydrogen) atoms. The number of nitrogens with zero attached hydrogens (tertiary/aromatic N) is 2. The van der Waals surface area contributed by atoms with E-state index in [1.54, 1.807) is 30.3 Å². The first kappa shape index (κ1) is 24.3. The average molecular weight is 494 g/mol. The largest absolute Gasteiger partial charge is 0.495 e. The van der Waals surface area contributed by atoms with Gasteiger partial charge in [-0.05, 0) is 73.2 Å². The highest BCUT2D eigenvalue weighted by atomic mass is 35.5. The number of likely N-dealkylation sites (tertiary alicyclic amines) is 1. The van der Waals surface area contributed by atoms with Crippen LogP contribution in [0.25, 0.3) is 0 Å². The van der Waals surface area contributed by atoms with Crippen molar-refractivity contribution in [1.82, 2.24) is 9.88 Å². The van der Waals surface area contributed by atoms with Gasteiger partial charge in [0.05, 0.1) is 17.8 Å². The predicted octanol–water partition coefficient (Wildman–Crippen LogP) is 6.11. The Kier molecular flexibility index (Phi) is 7.72. The van der Waals surface area contributed by atoms with E-state index < -0.39 is 0 Å². The summed E-state index contributed by atoms with van der Waals surface area (Å²) in [4.78, 5) is 30.9. The lowest BCUT2D eigenvalue weighted by atomic mass is 9.89. The summed E-state index contributed by atoms with van der Waals surface area (Å²) in [6.07, 6.45) is 3.29. The summed E-state index contributed by atoms with van der Waals surface area (Å²) in [5.41, 5.74) is 3.52. The molecule has 0 unspecified atom stereocenters. The number of ether oxygens (including phenoxy) is 1. The number of halogens is 1. The summed E-state index contributed by atoms with van der Waals surface area (Å²) < 4.78 is 5.31. The van der Waals surface area contributed by atoms with Gasteiger partial charge in [0.15, 0.2) is 5.82 Å². The van der Waals surface area contributed by atoms with Gasteiger partial charge in [-0.15, -0.1) is 0 Å². The maximum atomic E-state index is 12.6. The third-order valence-electron chi connectivity index (χ3n) is 6.01. The number of methoxy groups -OCH3 is 1. The number of pyridine rings is 1. The van der Waals surface area contributed by atoms with Gasteiger partial charge < -0.3 is 20.3 Å². The number of amides is 4. The van der Waals surface area contributed by atoms with Gasteiger partial charge in [0.25, 0.3) is 0 Å². The zero-order valence-electron chi connectivity index (χ0n) is 19.7. The number of aromatic nitrogens is 1. The first-order valence-electron chi connectivity index (χ1n) is 11.4. The highest BCUT2D eigenvalue weighted by Gasteiger charge is 2.24. The van der Waals surface area contributed by atoms with E-state index in [2.05, 4.69) is 20.9 Å². The van der Waals surface area contributed by atoms with E-state index in [9.17, 15) is 9.59 Å². The fourth-order valence-corrected chi connectivity index (χ4v) is 4.29. The summed E-state index contributed by atoms with van der Waals surface area (Å²) in [6, 6.07) is 16.3. The highest BCUT2D eigenvalue weighted by molar-refractivity contribution is 6.33. The predicted molar refractivity (Wildman–Crippen MR) is 139 cm³/mol. The number of hydrogen-bond acceptors (Lipinski definition) is 4. The van der Waals surface area contributed by atoms with Crippen LogP contribution in [0.15, 0.2) is 60.8 Å². The fourth-order valence-electron chi connectivity index (χ4n) is 4.12. The van der Waals surface area contributed by atoms with Gasteiger partial charge in [-0.25, -0.2) is 14.6 Å². The van der Waals surface area contributed by atoms with Crippen LogP contribution < -0.4 is 20.7 Å². The number of benzene rings is 2. The average Bonchev–Trinajstić information content (AvgIpc) is 2.86. The van der Waals surface area contributed by atoms with Crippen molar-refractivity contribution in [3.8, 4) is 5.75 Å². The van der Waals surface area contributed by atoms with E-state index in [0.29, 0.717) is 47.0 Å². The molecule has 1 saturated heterocycles. The molecular weight excluding hydrogens is 466 g/mol. The summed E-state index contributed by atoms with van der Waals surface area (Å²) in [5, 5.41) is 8.88. The lowest BCUT2D eigenvalue weighted by Gasteiger charge is -2.32. The Bertz CT molecular complexity index is 1190. The molecule has 8 nitrogen and oxygen atoms in total. The van der Waals surface area contributed by atoms with Gasteiger partial charge in [0.1, 0.15) is 5.75 Å². The lowest BCUT2D eigenvalue weighted by Crippen LogP contribution is -2.40. The van der Waals surface area contributed by atoms with Crippen LogP contribution in [0.5, 0.6) is 5.75 Å². The monoisotopic (exact) mass is 493 g/mol. The zero-order chi connectivity index (χ0) is 24.8. The van der Waals surface area contributed by atoms with Crippen LogP contribution in [0.1, 0.15) is 29.9 Å². The van der Waals surface area contributed by atoms with Gasteiger partial charge in [-0.2, -0.15) is 0 Å². The number of carbonyl (C=O) groups is 2. The van der Waals surface area contributed by atoms with Crippen molar-refractivity contribution in [1.29, 1.82) is 0 Å². The third-order valence-corrected chi connectivity index (χ3v) is 6.31. The Morgan fingerprint density at radius 3 is 2.46 bits per heavy atom. The van der Waals surface area contributed by atoms with Crippen molar-refractivity contribution in [2.75, 3.05) is 36.1 Å². The summed E-state index contributed by atoms with van der Waals surface area (Å²) in [6.45, 7) is 3.23. The van der Waals surface area contributed by atoms with Crippen LogP contribution >= 0.6 is 11.6 Å². The molecule has 1 aliphatic rings. The lowest BCUT2D eigenvalue weighted by molar-refractivity contribution is 0.194. The molecule has 182 valence electrons. The molecule has 9 heteroatoms. The van der Waals surface area contributed by atoms with E-state index in [4.69, 9.17) is 16.3 Å². The van der Waals surface area contributed by atoms with E-state index in [0.717, 1.165) is 18.4 Å². The second-order valence-electron chi connectivity index (χ2n) is 8.43. The van der Waals surface area contributed by atoms with E-state index in [1.165, 1.54) is 5.56 Å². The van der Waals surface area contributed by atoms with Gasteiger partial charge in [-0.1, -0.05) is 29.8 Å². The molecule has 1 fully saturated rings. The maximum Gasteiger partial charge on any atom is 0.323 e. The van der Waals surface area contributed by atoms with E-state index in [-0.39, 0.29) is 12.1 Å². The smallest absolute Gasteiger partial charge is 0.323 e. The highest BCUT2D eigenvalue weighted by Crippen LogP contribution is 2.30. The standard InChI is InChI=1S/C26H28ClN5O3/c1-17-5-10-23(35-2)22(16-17)30-25(33)29-20-8-6-18(7-9-20)19-11-14-32(15-12-19)26(34)31-24-21(27)4-3-13-28-24/h3-10,13,16,19H,11-12,14-15H2,1-2H3,(H,28,31,34)(H2,29,30,33). The van der Waals surface area contributed by atoms with Crippen LogP contribution in [0, 0.1) is 6.92 Å². The molecule has 3 aromatic rings. The summed E-state index contributed by atoms with van der Waals surface area (Å²) >= 11 is 6.08. The molecule has 0 atom stereocenters. The molecule has 0 bridgehead atoms. The normalized spacial score (nSPS) is 13.7. The first-order valence-corrected chi connectivity index (χ1v) is 11.8. The minimum atomic E-state index is -0.339. The van der Waals surface area contributed by atoms with Crippen LogP contribution in [0.2, 0.25) is 5.02 Å². The Morgan fingerprint density at radius 1 is 1.03 bits per heavy atom. The molecule has 2 heterocycles. The molecule has 0 radical (unpaired) electrons. The number of piperidine rings is 1. The molecule has 3 N–H and O–H groups in total. The quantitative estimate of drug-likeness (QED) is 0.399. The second kappa shape index (κ2) is 11.1. The first-order chi connectivity index (χ1) is 16.9. The summed E-state index contributed by atoms with van der Waals surface area (Å²) in [7, 11) is 1.57. The molecule has 1 aliphatic heterocycles. The number of nitrogens with one attached hydrogen (secondary N) is 3. The van der Waals surface area contributed by atoms with Gasteiger partial charge in [0, 0.05) is 25.0 Å². The Balaban J connectivity index is 1.29. The van der Waals surface area contributed by atoms with E-state index >= 15 is 0 Å². The van der Waals surface area contributed by atoms with Crippen molar-refractivity contribution >= 4 is 40.9 Å². The minimum Gasteiger partial charge on any atom is -0.495 e. The Hall–Kier alpha value is -3.78. The number of aryl methyl sites for hydroxylation is 1.